The smallest absolute Gasteiger partial charge is 0.161 e. The van der Waals surface area contributed by atoms with Crippen molar-refractivity contribution in [3.05, 3.63) is 59.9 Å². The Balaban J connectivity index is 1.73. The van der Waals surface area contributed by atoms with E-state index < -0.39 is 0 Å². The molecule has 0 spiro atoms. The van der Waals surface area contributed by atoms with Crippen molar-refractivity contribution in [2.45, 2.75) is 0 Å². The maximum absolute atomic E-state index is 6.04. The van der Waals surface area contributed by atoms with Gasteiger partial charge in [0, 0.05) is 16.3 Å². The summed E-state index contributed by atoms with van der Waals surface area (Å²) in [6, 6.07) is 15.3. The second kappa shape index (κ2) is 6.66. The lowest BCUT2D eigenvalue weighted by molar-refractivity contribution is 0.415. The van der Waals surface area contributed by atoms with Crippen LogP contribution < -0.4 is 10.1 Å². The number of halogens is 1. The van der Waals surface area contributed by atoms with Crippen molar-refractivity contribution in [1.82, 2.24) is 15.0 Å². The molecule has 0 saturated carbocycles. The Labute approximate surface area is 153 Å². The van der Waals surface area contributed by atoms with Crippen LogP contribution in [0.25, 0.3) is 20.9 Å². The van der Waals surface area contributed by atoms with Gasteiger partial charge in [0.15, 0.2) is 5.82 Å². The van der Waals surface area contributed by atoms with Crippen LogP contribution in [-0.2, 0) is 0 Å². The van der Waals surface area contributed by atoms with Crippen LogP contribution in [0.3, 0.4) is 0 Å². The number of nitrogens with one attached hydrogen (secondary N) is 1. The Bertz CT molecular complexity index is 1030. The van der Waals surface area contributed by atoms with E-state index in [1.807, 2.05) is 48.5 Å². The van der Waals surface area contributed by atoms with Gasteiger partial charge < -0.3 is 10.1 Å². The Kier molecular flexibility index (Phi) is 4.21. The zero-order chi connectivity index (χ0) is 17.2. The predicted octanol–water partition coefficient (Wildman–Crippen LogP) is 5.16. The number of hydrogen-bond acceptors (Lipinski definition) is 6. The van der Waals surface area contributed by atoms with Gasteiger partial charge in [-0.15, -0.1) is 0 Å². The van der Waals surface area contributed by atoms with E-state index in [0.717, 1.165) is 32.4 Å². The van der Waals surface area contributed by atoms with Crippen LogP contribution in [-0.4, -0.2) is 22.1 Å². The van der Waals surface area contributed by atoms with Crippen molar-refractivity contribution in [3.8, 4) is 16.3 Å². The van der Waals surface area contributed by atoms with Gasteiger partial charge in [-0.1, -0.05) is 29.0 Å². The summed E-state index contributed by atoms with van der Waals surface area (Å²) >= 11 is 7.56. The topological polar surface area (TPSA) is 59.9 Å². The van der Waals surface area contributed by atoms with Gasteiger partial charge in [-0.05, 0) is 42.5 Å². The van der Waals surface area contributed by atoms with Gasteiger partial charge in [-0.3, -0.25) is 0 Å². The minimum Gasteiger partial charge on any atom is -0.497 e. The number of aromatic nitrogens is 3. The molecule has 0 aliphatic rings. The van der Waals surface area contributed by atoms with Gasteiger partial charge in [0.25, 0.3) is 0 Å². The third-order valence-corrected chi connectivity index (χ3v) is 4.87. The van der Waals surface area contributed by atoms with Crippen LogP contribution >= 0.6 is 22.9 Å². The average Bonchev–Trinajstić information content (AvgIpc) is 3.07. The molecule has 0 saturated heterocycles. The first-order valence-electron chi connectivity index (χ1n) is 7.51. The number of thiazole rings is 1. The Morgan fingerprint density at radius 2 is 1.92 bits per heavy atom. The lowest BCUT2D eigenvalue weighted by atomic mass is 10.2. The van der Waals surface area contributed by atoms with Crippen molar-refractivity contribution in [2.75, 3.05) is 12.4 Å². The number of ether oxygens (including phenoxy) is 1. The second-order valence-electron chi connectivity index (χ2n) is 5.26. The van der Waals surface area contributed by atoms with E-state index >= 15 is 0 Å². The van der Waals surface area contributed by atoms with Gasteiger partial charge in [-0.25, -0.2) is 15.0 Å². The first kappa shape index (κ1) is 15.8. The van der Waals surface area contributed by atoms with Crippen LogP contribution in [0.2, 0.25) is 5.02 Å². The molecule has 0 radical (unpaired) electrons. The molecular weight excluding hydrogens is 356 g/mol. The molecule has 0 amide bonds. The van der Waals surface area contributed by atoms with Gasteiger partial charge in [0.2, 0.25) is 0 Å². The van der Waals surface area contributed by atoms with Gasteiger partial charge in [-0.2, -0.15) is 0 Å². The summed E-state index contributed by atoms with van der Waals surface area (Å²) in [5, 5.41) is 4.80. The average molecular weight is 369 g/mol. The molecule has 7 heteroatoms. The summed E-state index contributed by atoms with van der Waals surface area (Å²) < 4.78 is 5.20. The standard InChI is InChI=1S/C18H13ClN4OS/c1-24-14-7-5-11(6-8-14)17-23-15-16(20-10-21-18(15)25-17)22-13-4-2-3-12(19)9-13/h2-10H,1H3,(H,20,21,22). The normalized spacial score (nSPS) is 10.8. The summed E-state index contributed by atoms with van der Waals surface area (Å²) in [7, 11) is 1.65. The molecule has 0 unspecified atom stereocenters. The summed E-state index contributed by atoms with van der Waals surface area (Å²) in [6.45, 7) is 0. The maximum Gasteiger partial charge on any atom is 0.161 e. The van der Waals surface area contributed by atoms with Gasteiger partial charge in [0.1, 0.15) is 27.4 Å². The molecule has 0 aliphatic carbocycles. The number of nitrogens with zero attached hydrogens (tertiary/aromatic N) is 3. The Morgan fingerprint density at radius 1 is 1.08 bits per heavy atom. The number of fused-ring (bicyclic) bond motifs is 1. The number of hydrogen-bond donors (Lipinski definition) is 1. The molecule has 4 aromatic rings. The largest absolute Gasteiger partial charge is 0.497 e. The molecule has 0 bridgehead atoms. The zero-order valence-corrected chi connectivity index (χ0v) is 14.8. The van der Waals surface area contributed by atoms with E-state index in [0.29, 0.717) is 10.8 Å². The zero-order valence-electron chi connectivity index (χ0n) is 13.2. The third kappa shape index (κ3) is 3.26. The van der Waals surface area contributed by atoms with Crippen LogP contribution in [0.15, 0.2) is 54.9 Å². The molecule has 25 heavy (non-hydrogen) atoms. The van der Waals surface area contributed by atoms with Crippen LogP contribution in [0.4, 0.5) is 11.5 Å². The SMILES string of the molecule is COc1ccc(-c2nc3c(Nc4cccc(Cl)c4)ncnc3s2)cc1. The van der Waals surface area contributed by atoms with E-state index in [1.54, 1.807) is 7.11 Å². The van der Waals surface area contributed by atoms with E-state index in [1.165, 1.54) is 17.7 Å². The van der Waals surface area contributed by atoms with Crippen molar-refractivity contribution in [2.24, 2.45) is 0 Å². The highest BCUT2D eigenvalue weighted by atomic mass is 35.5. The van der Waals surface area contributed by atoms with Crippen molar-refractivity contribution >= 4 is 44.8 Å². The molecular formula is C18H13ClN4OS. The fourth-order valence-corrected chi connectivity index (χ4v) is 3.51. The lowest BCUT2D eigenvalue weighted by Gasteiger charge is -2.05. The molecule has 1 N–H and O–H groups in total. The summed E-state index contributed by atoms with van der Waals surface area (Å²) in [5.41, 5.74) is 2.60. The summed E-state index contributed by atoms with van der Waals surface area (Å²) in [5.74, 6) is 1.47. The fraction of sp³-hybridized carbons (Fsp3) is 0.0556. The molecule has 2 aromatic carbocycles. The van der Waals surface area contributed by atoms with Crippen molar-refractivity contribution in [3.63, 3.8) is 0 Å². The third-order valence-electron chi connectivity index (χ3n) is 3.62. The van der Waals surface area contributed by atoms with Gasteiger partial charge in [0.05, 0.1) is 7.11 Å². The van der Waals surface area contributed by atoms with Crippen LogP contribution in [0.5, 0.6) is 5.75 Å². The second-order valence-corrected chi connectivity index (χ2v) is 6.67. The highest BCUT2D eigenvalue weighted by molar-refractivity contribution is 7.21. The first-order chi connectivity index (χ1) is 12.2. The quantitative estimate of drug-likeness (QED) is 0.539. The fourth-order valence-electron chi connectivity index (χ4n) is 2.41. The molecule has 0 aliphatic heterocycles. The first-order valence-corrected chi connectivity index (χ1v) is 8.71. The summed E-state index contributed by atoms with van der Waals surface area (Å²) in [4.78, 5) is 14.2. The minimum atomic E-state index is 0.656. The highest BCUT2D eigenvalue weighted by Gasteiger charge is 2.12. The monoisotopic (exact) mass is 368 g/mol. The number of anilines is 2. The molecule has 0 atom stereocenters. The lowest BCUT2D eigenvalue weighted by Crippen LogP contribution is -1.95. The van der Waals surface area contributed by atoms with Gasteiger partial charge >= 0.3 is 0 Å². The Hall–Kier alpha value is -2.70. The van der Waals surface area contributed by atoms with E-state index in [-0.39, 0.29) is 0 Å². The molecule has 0 fully saturated rings. The molecule has 2 aromatic heterocycles. The molecule has 124 valence electrons. The van der Waals surface area contributed by atoms with Crippen LogP contribution in [0.1, 0.15) is 0 Å². The Morgan fingerprint density at radius 3 is 2.68 bits per heavy atom. The molecule has 2 heterocycles. The molecule has 4 rings (SSSR count). The van der Waals surface area contributed by atoms with Crippen LogP contribution in [0, 0.1) is 0 Å². The van der Waals surface area contributed by atoms with E-state index in [2.05, 4.69) is 15.3 Å². The number of benzene rings is 2. The maximum atomic E-state index is 6.04. The highest BCUT2D eigenvalue weighted by Crippen LogP contribution is 2.33. The predicted molar refractivity (Wildman–Crippen MR) is 102 cm³/mol. The summed E-state index contributed by atoms with van der Waals surface area (Å²) in [6.07, 6.45) is 1.53. The van der Waals surface area contributed by atoms with E-state index in [4.69, 9.17) is 21.3 Å². The van der Waals surface area contributed by atoms with Crippen molar-refractivity contribution < 1.29 is 4.74 Å². The van der Waals surface area contributed by atoms with Crippen molar-refractivity contribution in [1.29, 1.82) is 0 Å². The minimum absolute atomic E-state index is 0.656. The van der Waals surface area contributed by atoms with E-state index in [9.17, 15) is 0 Å². The number of methoxy groups -OCH3 is 1. The molecule has 5 nitrogen and oxygen atoms in total. The number of rotatable bonds is 4.